The third-order valence-corrected chi connectivity index (χ3v) is 16.7. The van der Waals surface area contributed by atoms with Gasteiger partial charge in [0, 0.05) is 37.0 Å². The highest BCUT2D eigenvalue weighted by Gasteiger charge is 2.39. The van der Waals surface area contributed by atoms with Gasteiger partial charge in [0.05, 0.1) is 16.3 Å². The third kappa shape index (κ3) is 8.79. The largest absolute Gasteiger partial charge is 0.453 e. The van der Waals surface area contributed by atoms with Crippen LogP contribution in [0.15, 0.2) is 84.6 Å². The zero-order valence-corrected chi connectivity index (χ0v) is 38.6. The molecule has 4 aliphatic rings. The van der Waals surface area contributed by atoms with E-state index in [0.717, 1.165) is 37.4 Å². The third-order valence-electron chi connectivity index (χ3n) is 13.4. The van der Waals surface area contributed by atoms with Crippen LogP contribution in [0.4, 0.5) is 0 Å². The quantitative estimate of drug-likeness (QED) is 0.257. The van der Waals surface area contributed by atoms with E-state index < -0.39 is 0 Å². The summed E-state index contributed by atoms with van der Waals surface area (Å²) < 4.78 is 12.4. The van der Waals surface area contributed by atoms with Crippen molar-refractivity contribution in [2.75, 3.05) is 0 Å². The summed E-state index contributed by atoms with van der Waals surface area (Å²) in [6.07, 6.45) is 17.6. The number of aromatic nitrogens is 1. The SMILES string of the molecule is CC1CCCCC1C1=CCn2c(c(C3CCCCC3C)c(Br)c2C2CCCCC2C)/C(Oc2ccc(C(C)(C)C)cc2)=C(\N)C(Sc2ccc(Cl)cc2)=C1Br. The number of benzene rings is 2. The van der Waals surface area contributed by atoms with Gasteiger partial charge in [-0.05, 0) is 139 Å². The standard InChI is InChI=1S/C48H61Br2ClN2OS/c1-29-13-7-10-16-36(29)39-27-28-53-44(38-18-12-9-15-31(38)3)42(50)40(37-17-11-8-14-30(37)2)45(53)46(54-34-23-19-32(20-24-34)48(4,5)6)43(52)47(41(39)49)55-35-25-21-33(51)22-26-35/h19-27,29-31,36-38H,7-18,28,52H2,1-6H3/b39-27?,46-43+,47-41?. The molecule has 0 bridgehead atoms. The number of halogens is 3. The summed E-state index contributed by atoms with van der Waals surface area (Å²) in [5.74, 6) is 4.66. The molecule has 3 nitrogen and oxygen atoms in total. The van der Waals surface area contributed by atoms with Gasteiger partial charge in [0.1, 0.15) is 5.75 Å². The maximum absolute atomic E-state index is 7.78. The molecule has 1 aromatic heterocycles. The lowest BCUT2D eigenvalue weighted by Crippen LogP contribution is -2.21. The molecule has 296 valence electrons. The molecule has 2 heterocycles. The highest BCUT2D eigenvalue weighted by molar-refractivity contribution is 9.12. The first kappa shape index (κ1) is 41.3. The lowest BCUT2D eigenvalue weighted by molar-refractivity contribution is 0.296. The molecule has 0 saturated heterocycles. The molecule has 2 N–H and O–H groups in total. The van der Waals surface area contributed by atoms with Crippen LogP contribution in [0.2, 0.25) is 5.02 Å². The van der Waals surface area contributed by atoms with E-state index in [1.165, 1.54) is 110 Å². The number of thioether (sulfide) groups is 1. The van der Waals surface area contributed by atoms with Crippen molar-refractivity contribution in [3.63, 3.8) is 0 Å². The lowest BCUT2D eigenvalue weighted by atomic mass is 9.75. The molecule has 55 heavy (non-hydrogen) atoms. The fraction of sp³-hybridized carbons (Fsp3) is 0.542. The summed E-state index contributed by atoms with van der Waals surface area (Å²) in [6.45, 7) is 15.0. The van der Waals surface area contributed by atoms with Crippen LogP contribution < -0.4 is 10.5 Å². The lowest BCUT2D eigenvalue weighted by Gasteiger charge is -2.32. The van der Waals surface area contributed by atoms with Crippen LogP contribution in [0, 0.1) is 23.7 Å². The highest BCUT2D eigenvalue weighted by Crippen LogP contribution is 2.53. The Morgan fingerprint density at radius 2 is 1.29 bits per heavy atom. The van der Waals surface area contributed by atoms with Crippen molar-refractivity contribution in [3.8, 4) is 5.75 Å². The van der Waals surface area contributed by atoms with Crippen molar-refractivity contribution in [2.45, 2.75) is 147 Å². The Morgan fingerprint density at radius 1 is 0.745 bits per heavy atom. The van der Waals surface area contributed by atoms with Crippen molar-refractivity contribution in [1.82, 2.24) is 4.57 Å². The first-order chi connectivity index (χ1) is 26.3. The number of allylic oxidation sites excluding steroid dienone is 3. The van der Waals surface area contributed by atoms with Gasteiger partial charge in [0.15, 0.2) is 5.76 Å². The Morgan fingerprint density at radius 3 is 1.85 bits per heavy atom. The van der Waals surface area contributed by atoms with Gasteiger partial charge in [0.25, 0.3) is 0 Å². The van der Waals surface area contributed by atoms with Crippen molar-refractivity contribution in [3.05, 3.63) is 107 Å². The van der Waals surface area contributed by atoms with Crippen LogP contribution in [-0.4, -0.2) is 4.57 Å². The number of hydrogen-bond donors (Lipinski definition) is 1. The Kier molecular flexibility index (Phi) is 13.2. The molecule has 6 unspecified atom stereocenters. The summed E-state index contributed by atoms with van der Waals surface area (Å²) in [5, 5.41) is 0.730. The second-order valence-corrected chi connectivity index (χ2v) is 21.3. The molecule has 2 aromatic carbocycles. The van der Waals surface area contributed by atoms with E-state index >= 15 is 0 Å². The molecular weight excluding hydrogens is 848 g/mol. The topological polar surface area (TPSA) is 40.2 Å². The van der Waals surface area contributed by atoms with Gasteiger partial charge in [-0.2, -0.15) is 0 Å². The van der Waals surface area contributed by atoms with Crippen molar-refractivity contribution >= 4 is 61.0 Å². The summed E-state index contributed by atoms with van der Waals surface area (Å²) in [4.78, 5) is 2.10. The fourth-order valence-electron chi connectivity index (χ4n) is 10.0. The molecule has 0 spiro atoms. The normalized spacial score (nSPS) is 28.2. The minimum absolute atomic E-state index is 0.0404. The van der Waals surface area contributed by atoms with Crippen LogP contribution in [0.5, 0.6) is 5.75 Å². The summed E-state index contributed by atoms with van der Waals surface area (Å²) in [6, 6.07) is 16.9. The van der Waals surface area contributed by atoms with Crippen LogP contribution in [0.3, 0.4) is 0 Å². The van der Waals surface area contributed by atoms with Gasteiger partial charge in [-0.15, -0.1) is 0 Å². The van der Waals surface area contributed by atoms with E-state index in [4.69, 9.17) is 22.1 Å². The molecule has 3 aromatic rings. The second-order valence-electron chi connectivity index (χ2n) is 18.2. The zero-order chi connectivity index (χ0) is 39.0. The van der Waals surface area contributed by atoms with E-state index in [-0.39, 0.29) is 5.41 Å². The monoisotopic (exact) mass is 906 g/mol. The number of ether oxygens (including phenoxy) is 1. The van der Waals surface area contributed by atoms with Gasteiger partial charge in [0.2, 0.25) is 0 Å². The summed E-state index contributed by atoms with van der Waals surface area (Å²) in [5.41, 5.74) is 15.2. The molecule has 3 fully saturated rings. The number of nitrogens with two attached hydrogens (primary N) is 1. The number of fused-ring (bicyclic) bond motifs is 1. The predicted molar refractivity (Wildman–Crippen MR) is 242 cm³/mol. The van der Waals surface area contributed by atoms with Crippen LogP contribution in [-0.2, 0) is 12.0 Å². The Labute approximate surface area is 357 Å². The highest BCUT2D eigenvalue weighted by atomic mass is 79.9. The van der Waals surface area contributed by atoms with Crippen LogP contribution >= 0.6 is 55.2 Å². The number of nitrogens with zero attached hydrogens (tertiary/aromatic N) is 1. The molecule has 7 heteroatoms. The smallest absolute Gasteiger partial charge is 0.175 e. The maximum Gasteiger partial charge on any atom is 0.175 e. The zero-order valence-electron chi connectivity index (χ0n) is 33.8. The Balaban J connectivity index is 1.54. The molecular formula is C48H61Br2ClN2OS. The number of rotatable bonds is 7. The van der Waals surface area contributed by atoms with Crippen molar-refractivity contribution < 1.29 is 4.74 Å². The Hall–Kier alpha value is -1.86. The molecule has 0 radical (unpaired) electrons. The van der Waals surface area contributed by atoms with E-state index in [2.05, 4.69) is 120 Å². The minimum atomic E-state index is 0.0404. The van der Waals surface area contributed by atoms with Gasteiger partial charge < -0.3 is 15.0 Å². The fourth-order valence-corrected chi connectivity index (χ4v) is 13.0. The predicted octanol–water partition coefficient (Wildman–Crippen LogP) is 15.7. The first-order valence-corrected chi connectivity index (χ1v) is 23.9. The molecule has 1 aliphatic heterocycles. The van der Waals surface area contributed by atoms with Gasteiger partial charge in [-0.1, -0.05) is 141 Å². The first-order valence-electron chi connectivity index (χ1n) is 21.1. The van der Waals surface area contributed by atoms with E-state index in [9.17, 15) is 0 Å². The number of hydrogen-bond acceptors (Lipinski definition) is 3. The van der Waals surface area contributed by atoms with Gasteiger partial charge in [-0.25, -0.2) is 0 Å². The van der Waals surface area contributed by atoms with E-state index in [1.807, 2.05) is 12.1 Å². The average molecular weight is 909 g/mol. The minimum Gasteiger partial charge on any atom is -0.453 e. The summed E-state index contributed by atoms with van der Waals surface area (Å²) >= 11 is 16.8. The average Bonchev–Trinajstić information content (AvgIpc) is 3.45. The summed E-state index contributed by atoms with van der Waals surface area (Å²) in [7, 11) is 0. The molecule has 3 saturated carbocycles. The molecule has 6 atom stereocenters. The second kappa shape index (κ2) is 17.6. The Bertz CT molecular complexity index is 1940. The van der Waals surface area contributed by atoms with Crippen LogP contribution in [0.1, 0.15) is 153 Å². The van der Waals surface area contributed by atoms with Gasteiger partial charge >= 0.3 is 0 Å². The molecule has 7 rings (SSSR count). The molecule has 0 amide bonds. The van der Waals surface area contributed by atoms with Crippen LogP contribution in [0.25, 0.3) is 5.76 Å². The van der Waals surface area contributed by atoms with E-state index in [1.54, 1.807) is 11.8 Å². The van der Waals surface area contributed by atoms with E-state index in [0.29, 0.717) is 41.2 Å². The maximum atomic E-state index is 7.78. The van der Waals surface area contributed by atoms with Crippen molar-refractivity contribution in [1.29, 1.82) is 0 Å². The molecule has 3 aliphatic carbocycles. The van der Waals surface area contributed by atoms with Crippen molar-refractivity contribution in [2.24, 2.45) is 29.4 Å². The van der Waals surface area contributed by atoms with Gasteiger partial charge in [-0.3, -0.25) is 0 Å².